The molecule has 294 valence electrons. The molecule has 0 nitrogen and oxygen atoms in total. The van der Waals surface area contributed by atoms with E-state index in [1.165, 1.54) is 86.5 Å². The van der Waals surface area contributed by atoms with Crippen LogP contribution in [0.25, 0.3) is 64.6 Å². The van der Waals surface area contributed by atoms with Gasteiger partial charge in [0, 0.05) is 17.4 Å². The molecule has 2 heteroatoms. The summed E-state index contributed by atoms with van der Waals surface area (Å²) >= 11 is 0. The van der Waals surface area contributed by atoms with E-state index in [0.29, 0.717) is 0 Å². The first-order chi connectivity index (χ1) is 30.3. The quantitative estimate of drug-likeness (QED) is 0.122. The van der Waals surface area contributed by atoms with Gasteiger partial charge in [0.25, 0.3) is 0 Å². The average Bonchev–Trinajstić information content (AvgIpc) is 3.36. The fourth-order valence-electron chi connectivity index (χ4n) is 9.84. The van der Waals surface area contributed by atoms with Crippen LogP contribution in [0.5, 0.6) is 0 Å². The van der Waals surface area contributed by atoms with Crippen LogP contribution in [0.4, 0.5) is 0 Å². The van der Waals surface area contributed by atoms with Gasteiger partial charge in [0.1, 0.15) is 6.15 Å². The van der Waals surface area contributed by atoms with Crippen molar-refractivity contribution in [2.24, 2.45) is 0 Å². The zero-order valence-electron chi connectivity index (χ0n) is 34.4. The van der Waals surface area contributed by atoms with E-state index >= 15 is 0 Å². The molecule has 12 aromatic carbocycles. The molecule has 0 radical (unpaired) electrons. The van der Waals surface area contributed by atoms with Gasteiger partial charge in [-0.1, -0.05) is 267 Å². The van der Waals surface area contributed by atoms with E-state index < -0.39 is 6.15 Å². The Morgan fingerprint density at radius 1 is 0.145 bits per heavy atom. The molecular formula is C60H44BCr-. The topological polar surface area (TPSA) is 0 Å². The van der Waals surface area contributed by atoms with Gasteiger partial charge < -0.3 is 0 Å². The van der Waals surface area contributed by atoms with Crippen LogP contribution in [0.2, 0.25) is 0 Å². The Morgan fingerprint density at radius 2 is 0.258 bits per heavy atom. The molecule has 0 aromatic heterocycles. The van der Waals surface area contributed by atoms with E-state index in [1.54, 1.807) is 0 Å². The fraction of sp³-hybridized carbons (Fsp3) is 0. The Labute approximate surface area is 374 Å². The Bertz CT molecular complexity index is 2650. The van der Waals surface area contributed by atoms with Gasteiger partial charge in [0.15, 0.2) is 0 Å². The Kier molecular flexibility index (Phi) is 11.8. The summed E-state index contributed by atoms with van der Waals surface area (Å²) in [6.45, 7) is 0. The van der Waals surface area contributed by atoms with Crippen LogP contribution >= 0.6 is 0 Å². The van der Waals surface area contributed by atoms with Gasteiger partial charge in [-0.25, -0.2) is 0 Å². The van der Waals surface area contributed by atoms with Gasteiger partial charge in [0.2, 0.25) is 0 Å². The maximum Gasteiger partial charge on any atom is 0.108 e. The molecule has 0 amide bonds. The molecule has 0 heterocycles. The third-order valence-electron chi connectivity index (χ3n) is 12.5. The van der Waals surface area contributed by atoms with Crippen molar-refractivity contribution in [3.05, 3.63) is 267 Å². The minimum absolute atomic E-state index is 0. The van der Waals surface area contributed by atoms with Crippen molar-refractivity contribution in [1.29, 1.82) is 0 Å². The first-order valence-corrected chi connectivity index (χ1v) is 21.3. The summed E-state index contributed by atoms with van der Waals surface area (Å²) in [7, 11) is 0. The zero-order chi connectivity index (χ0) is 40.9. The minimum atomic E-state index is -1.22. The molecule has 0 unspecified atom stereocenters. The van der Waals surface area contributed by atoms with Crippen molar-refractivity contribution in [2.75, 3.05) is 0 Å². The van der Waals surface area contributed by atoms with Crippen molar-refractivity contribution in [3.63, 3.8) is 0 Å². The van der Waals surface area contributed by atoms with Crippen molar-refractivity contribution in [1.82, 2.24) is 0 Å². The van der Waals surface area contributed by atoms with E-state index in [4.69, 9.17) is 0 Å². The van der Waals surface area contributed by atoms with Gasteiger partial charge in [-0.15, -0.1) is 0 Å². The summed E-state index contributed by atoms with van der Waals surface area (Å²) in [5.74, 6) is 0. The molecule has 62 heavy (non-hydrogen) atoms. The summed E-state index contributed by atoms with van der Waals surface area (Å²) in [6, 6.07) is 95.5. The Balaban J connectivity index is 0.000000120. The second kappa shape index (κ2) is 18.2. The average molecular weight is 828 g/mol. The van der Waals surface area contributed by atoms with Gasteiger partial charge in [0.05, 0.1) is 0 Å². The van der Waals surface area contributed by atoms with Crippen molar-refractivity contribution >= 4 is 92.6 Å². The number of hydrogen-bond donors (Lipinski definition) is 0. The van der Waals surface area contributed by atoms with E-state index in [0.717, 1.165) is 0 Å². The monoisotopic (exact) mass is 827 g/mol. The molecule has 0 atom stereocenters. The number of fused-ring (bicyclic) bond motifs is 12. The van der Waals surface area contributed by atoms with Crippen LogP contribution in [0.15, 0.2) is 267 Å². The van der Waals surface area contributed by atoms with Crippen molar-refractivity contribution in [3.8, 4) is 0 Å². The summed E-state index contributed by atoms with van der Waals surface area (Å²) in [4.78, 5) is 0. The van der Waals surface area contributed by atoms with Gasteiger partial charge in [-0.2, -0.15) is 21.9 Å². The Hall–Kier alpha value is -7.20. The van der Waals surface area contributed by atoms with Crippen LogP contribution in [0, 0.1) is 0 Å². The normalized spacial score (nSPS) is 11.1. The largest absolute Gasteiger partial charge is 0.195 e. The maximum absolute atomic E-state index is 2.26. The molecule has 0 fully saturated rings. The summed E-state index contributed by atoms with van der Waals surface area (Å²) in [6.07, 6.45) is -1.22. The van der Waals surface area contributed by atoms with Crippen LogP contribution in [-0.4, -0.2) is 6.15 Å². The molecular weight excluding hydrogens is 783 g/mol. The summed E-state index contributed by atoms with van der Waals surface area (Å²) < 4.78 is 0. The first kappa shape index (κ1) is 40.2. The second-order valence-electron chi connectivity index (χ2n) is 15.8. The second-order valence-corrected chi connectivity index (χ2v) is 15.8. The summed E-state index contributed by atoms with van der Waals surface area (Å²) in [5.41, 5.74) is 5.36. The van der Waals surface area contributed by atoms with E-state index in [1.807, 2.05) is 0 Å². The van der Waals surface area contributed by atoms with E-state index in [9.17, 15) is 0 Å². The molecule has 0 saturated carbocycles. The van der Waals surface area contributed by atoms with Crippen LogP contribution < -0.4 is 21.9 Å². The van der Waals surface area contributed by atoms with Crippen LogP contribution in [0.1, 0.15) is 0 Å². The first-order valence-electron chi connectivity index (χ1n) is 21.3. The molecule has 12 rings (SSSR count). The molecule has 0 saturated heterocycles. The smallest absolute Gasteiger partial charge is 0.108 e. The predicted molar refractivity (Wildman–Crippen MR) is 268 cm³/mol. The van der Waals surface area contributed by atoms with Crippen LogP contribution in [0.3, 0.4) is 0 Å². The molecule has 0 spiro atoms. The van der Waals surface area contributed by atoms with Gasteiger partial charge in [-0.05, 0) is 64.6 Å². The molecule has 0 aliphatic heterocycles. The standard InChI is InChI=1S/C24H20B.2C18H12.Cr/c1-5-13-21(14-6-1)25(22-15-7-2-8-16-22,23-17-9-3-10-18-23)24-19-11-4-12-20-24;2*1-2-8-14-13(7-1)15-9-3-4-11-17(15)18-12-6-5-10-16(14)18;/h1-20H;2*1-12H;/q-1;;;. The third kappa shape index (κ3) is 7.35. The van der Waals surface area contributed by atoms with Crippen LogP contribution in [-0.2, 0) is 17.4 Å². The van der Waals surface area contributed by atoms with Gasteiger partial charge >= 0.3 is 0 Å². The van der Waals surface area contributed by atoms with Crippen molar-refractivity contribution in [2.45, 2.75) is 0 Å². The minimum Gasteiger partial charge on any atom is -0.195 e. The summed E-state index contributed by atoms with van der Waals surface area (Å²) in [5, 5.41) is 16.1. The zero-order valence-corrected chi connectivity index (χ0v) is 35.7. The molecule has 0 bridgehead atoms. The Morgan fingerprint density at radius 3 is 0.387 bits per heavy atom. The number of rotatable bonds is 4. The molecule has 0 aliphatic carbocycles. The van der Waals surface area contributed by atoms with Gasteiger partial charge in [-0.3, -0.25) is 0 Å². The SMILES string of the molecule is [Cr].c1ccc([B-](c2ccccc2)(c2ccccc2)c2ccccc2)cc1.c1ccc2c(c1)c1ccccc1c1ccccc21.c1ccc2c(c1)c1ccccc1c1ccccc21. The predicted octanol–water partition coefficient (Wildman–Crippen LogP) is 13.4. The third-order valence-corrected chi connectivity index (χ3v) is 12.5. The van der Waals surface area contributed by atoms with E-state index in [2.05, 4.69) is 267 Å². The number of hydrogen-bond acceptors (Lipinski definition) is 0. The molecule has 0 aliphatic rings. The molecule has 0 N–H and O–H groups in total. The maximum atomic E-state index is 2.26. The molecule has 12 aromatic rings. The van der Waals surface area contributed by atoms with E-state index in [-0.39, 0.29) is 17.4 Å². The fourth-order valence-corrected chi connectivity index (χ4v) is 9.84. The van der Waals surface area contributed by atoms with Crippen molar-refractivity contribution < 1.29 is 17.4 Å². The number of benzene rings is 12.